The summed E-state index contributed by atoms with van der Waals surface area (Å²) < 4.78 is 0. The van der Waals surface area contributed by atoms with Crippen LogP contribution in [0.2, 0.25) is 0 Å². The molecule has 1 nitrogen and oxygen atoms in total. The predicted molar refractivity (Wildman–Crippen MR) is 53.2 cm³/mol. The lowest BCUT2D eigenvalue weighted by molar-refractivity contribution is 0.851. The highest BCUT2D eigenvalue weighted by molar-refractivity contribution is 5.44. The van der Waals surface area contributed by atoms with Gasteiger partial charge in [-0.25, -0.2) is 0 Å². The molecule has 0 saturated heterocycles. The molecule has 1 aromatic rings. The summed E-state index contributed by atoms with van der Waals surface area (Å²) in [7, 11) is 0. The molecule has 64 valence electrons. The zero-order valence-electron chi connectivity index (χ0n) is 7.96. The van der Waals surface area contributed by atoms with Gasteiger partial charge in [0.05, 0.1) is 5.69 Å². The number of aryl methyl sites for hydroxylation is 1. The van der Waals surface area contributed by atoms with Crippen molar-refractivity contribution in [1.82, 2.24) is 4.98 Å². The Labute approximate surface area is 74.2 Å². The molecule has 1 heteroatoms. The molecule has 0 unspecified atom stereocenters. The minimum absolute atomic E-state index is 0.562. The molecule has 0 aliphatic heterocycles. The van der Waals surface area contributed by atoms with E-state index in [0.29, 0.717) is 5.92 Å². The van der Waals surface area contributed by atoms with Gasteiger partial charge in [-0.2, -0.15) is 0 Å². The van der Waals surface area contributed by atoms with Gasteiger partial charge < -0.3 is 0 Å². The summed E-state index contributed by atoms with van der Waals surface area (Å²) >= 11 is 0. The molecule has 0 aliphatic carbocycles. The normalized spacial score (nSPS) is 10.3. The van der Waals surface area contributed by atoms with Crippen LogP contribution >= 0.6 is 0 Å². The molecule has 0 bridgehead atoms. The van der Waals surface area contributed by atoms with Gasteiger partial charge in [0.1, 0.15) is 0 Å². The van der Waals surface area contributed by atoms with Gasteiger partial charge >= 0.3 is 0 Å². The van der Waals surface area contributed by atoms with E-state index in [1.54, 1.807) is 6.08 Å². The standard InChI is InChI=1S/C11H15N/c1-5-10-6-11(8(2)3)9(4)7-12-10/h5-8H,1H2,2-4H3. The Kier molecular flexibility index (Phi) is 2.64. The van der Waals surface area contributed by atoms with Gasteiger partial charge in [-0.05, 0) is 36.1 Å². The Bertz CT molecular complexity index is 287. The molecule has 12 heavy (non-hydrogen) atoms. The second-order valence-electron chi connectivity index (χ2n) is 3.32. The van der Waals surface area contributed by atoms with Crippen molar-refractivity contribution in [2.75, 3.05) is 0 Å². The fourth-order valence-corrected chi connectivity index (χ4v) is 1.29. The van der Waals surface area contributed by atoms with Crippen LogP contribution in [0.1, 0.15) is 36.6 Å². The molecular weight excluding hydrogens is 146 g/mol. The van der Waals surface area contributed by atoms with E-state index in [4.69, 9.17) is 0 Å². The van der Waals surface area contributed by atoms with Gasteiger partial charge in [-0.15, -0.1) is 0 Å². The fraction of sp³-hybridized carbons (Fsp3) is 0.364. The highest BCUT2D eigenvalue weighted by Gasteiger charge is 2.03. The molecular formula is C11H15N. The largest absolute Gasteiger partial charge is 0.257 e. The number of aromatic nitrogens is 1. The SMILES string of the molecule is C=Cc1cc(C(C)C)c(C)cn1. The molecule has 0 aromatic carbocycles. The molecule has 0 aliphatic rings. The van der Waals surface area contributed by atoms with Gasteiger partial charge in [0.2, 0.25) is 0 Å². The third-order valence-corrected chi connectivity index (χ3v) is 2.00. The summed E-state index contributed by atoms with van der Waals surface area (Å²) in [6, 6.07) is 2.10. The summed E-state index contributed by atoms with van der Waals surface area (Å²) in [5, 5.41) is 0. The lowest BCUT2D eigenvalue weighted by Gasteiger charge is -2.09. The summed E-state index contributed by atoms with van der Waals surface area (Å²) in [4.78, 5) is 4.22. The van der Waals surface area contributed by atoms with Crippen molar-refractivity contribution in [2.45, 2.75) is 26.7 Å². The van der Waals surface area contributed by atoms with E-state index in [1.807, 2.05) is 6.20 Å². The fourth-order valence-electron chi connectivity index (χ4n) is 1.29. The van der Waals surface area contributed by atoms with E-state index in [1.165, 1.54) is 11.1 Å². The Morgan fingerprint density at radius 1 is 1.50 bits per heavy atom. The first-order valence-electron chi connectivity index (χ1n) is 4.24. The van der Waals surface area contributed by atoms with Gasteiger partial charge in [-0.3, -0.25) is 4.98 Å². The average Bonchev–Trinajstić information content (AvgIpc) is 2.05. The first-order valence-corrected chi connectivity index (χ1v) is 4.24. The van der Waals surface area contributed by atoms with E-state index in [9.17, 15) is 0 Å². The highest BCUT2D eigenvalue weighted by atomic mass is 14.7. The number of hydrogen-bond acceptors (Lipinski definition) is 1. The molecule has 0 saturated carbocycles. The van der Waals surface area contributed by atoms with Crippen molar-refractivity contribution in [3.63, 3.8) is 0 Å². The Morgan fingerprint density at radius 2 is 2.17 bits per heavy atom. The molecule has 0 atom stereocenters. The highest BCUT2D eigenvalue weighted by Crippen LogP contribution is 2.18. The van der Waals surface area contributed by atoms with Gasteiger partial charge in [0, 0.05) is 6.20 Å². The molecule has 1 rings (SSSR count). The summed E-state index contributed by atoms with van der Waals surface area (Å²) in [6.07, 6.45) is 3.69. The van der Waals surface area contributed by atoms with Crippen LogP contribution in [0.3, 0.4) is 0 Å². The molecule has 1 heterocycles. The summed E-state index contributed by atoms with van der Waals surface area (Å²) in [5.41, 5.74) is 3.58. The number of rotatable bonds is 2. The maximum absolute atomic E-state index is 4.22. The minimum atomic E-state index is 0.562. The Hall–Kier alpha value is -1.11. The summed E-state index contributed by atoms with van der Waals surface area (Å²) in [5.74, 6) is 0.562. The van der Waals surface area contributed by atoms with Crippen LogP contribution in [-0.2, 0) is 0 Å². The van der Waals surface area contributed by atoms with Crippen LogP contribution in [-0.4, -0.2) is 4.98 Å². The Balaban J connectivity index is 3.16. The quantitative estimate of drug-likeness (QED) is 0.649. The second kappa shape index (κ2) is 3.53. The lowest BCUT2D eigenvalue weighted by Crippen LogP contribution is -1.94. The van der Waals surface area contributed by atoms with Crippen molar-refractivity contribution in [2.24, 2.45) is 0 Å². The maximum Gasteiger partial charge on any atom is 0.0626 e. The molecule has 0 amide bonds. The van der Waals surface area contributed by atoms with E-state index in [0.717, 1.165) is 5.69 Å². The van der Waals surface area contributed by atoms with E-state index >= 15 is 0 Å². The number of hydrogen-bond donors (Lipinski definition) is 0. The monoisotopic (exact) mass is 161 g/mol. The van der Waals surface area contributed by atoms with Crippen molar-refractivity contribution in [3.05, 3.63) is 35.7 Å². The third kappa shape index (κ3) is 1.73. The minimum Gasteiger partial charge on any atom is -0.257 e. The lowest BCUT2D eigenvalue weighted by atomic mass is 9.99. The van der Waals surface area contributed by atoms with Crippen LogP contribution in [0.5, 0.6) is 0 Å². The predicted octanol–water partition coefficient (Wildman–Crippen LogP) is 3.16. The Morgan fingerprint density at radius 3 is 2.67 bits per heavy atom. The number of nitrogens with zero attached hydrogens (tertiary/aromatic N) is 1. The van der Waals surface area contributed by atoms with Crippen LogP contribution in [0.4, 0.5) is 0 Å². The molecule has 0 radical (unpaired) electrons. The van der Waals surface area contributed by atoms with Crippen molar-refractivity contribution < 1.29 is 0 Å². The van der Waals surface area contributed by atoms with E-state index < -0.39 is 0 Å². The number of pyridine rings is 1. The second-order valence-corrected chi connectivity index (χ2v) is 3.32. The molecule has 1 aromatic heterocycles. The van der Waals surface area contributed by atoms with Crippen LogP contribution < -0.4 is 0 Å². The van der Waals surface area contributed by atoms with Gasteiger partial charge in [0.25, 0.3) is 0 Å². The third-order valence-electron chi connectivity index (χ3n) is 2.00. The van der Waals surface area contributed by atoms with Crippen molar-refractivity contribution in [1.29, 1.82) is 0 Å². The van der Waals surface area contributed by atoms with Crippen molar-refractivity contribution in [3.8, 4) is 0 Å². The van der Waals surface area contributed by atoms with E-state index in [2.05, 4.69) is 38.4 Å². The van der Waals surface area contributed by atoms with Crippen molar-refractivity contribution >= 4 is 6.08 Å². The van der Waals surface area contributed by atoms with Gasteiger partial charge in [-0.1, -0.05) is 20.4 Å². The zero-order valence-corrected chi connectivity index (χ0v) is 7.96. The first-order chi connectivity index (χ1) is 5.65. The van der Waals surface area contributed by atoms with Crippen LogP contribution in [0.25, 0.3) is 6.08 Å². The van der Waals surface area contributed by atoms with Crippen LogP contribution in [0.15, 0.2) is 18.8 Å². The molecule has 0 fully saturated rings. The molecule has 0 N–H and O–H groups in total. The maximum atomic E-state index is 4.22. The first kappa shape index (κ1) is 8.98. The zero-order chi connectivity index (χ0) is 9.14. The smallest absolute Gasteiger partial charge is 0.0626 e. The summed E-state index contributed by atoms with van der Waals surface area (Å²) in [6.45, 7) is 10.2. The van der Waals surface area contributed by atoms with Crippen LogP contribution in [0, 0.1) is 6.92 Å². The topological polar surface area (TPSA) is 12.9 Å². The average molecular weight is 161 g/mol. The van der Waals surface area contributed by atoms with Gasteiger partial charge in [0.15, 0.2) is 0 Å². The van der Waals surface area contributed by atoms with E-state index in [-0.39, 0.29) is 0 Å². The molecule has 0 spiro atoms.